The van der Waals surface area contributed by atoms with Gasteiger partial charge in [-0.15, -0.1) is 0 Å². The molecular weight excluding hydrogens is 404 g/mol. The third-order valence-corrected chi connectivity index (χ3v) is 6.20. The number of H-pyrrole nitrogens is 2. The van der Waals surface area contributed by atoms with Gasteiger partial charge < -0.3 is 10.3 Å². The van der Waals surface area contributed by atoms with Crippen molar-refractivity contribution in [2.24, 2.45) is 0 Å². The molecule has 4 rings (SSSR count). The molecule has 3 N–H and O–H groups in total. The maximum absolute atomic E-state index is 12.7. The summed E-state index contributed by atoms with van der Waals surface area (Å²) in [5.74, 6) is 2.15. The van der Waals surface area contributed by atoms with Gasteiger partial charge in [-0.1, -0.05) is 12.1 Å². The first-order chi connectivity index (χ1) is 14.0. The lowest BCUT2D eigenvalue weighted by Crippen LogP contribution is -2.31. The number of aryl methyl sites for hydroxylation is 1. The Morgan fingerprint density at radius 3 is 2.72 bits per heavy atom. The van der Waals surface area contributed by atoms with Gasteiger partial charge in [0.05, 0.1) is 10.9 Å². The predicted octanol–water partition coefficient (Wildman–Crippen LogP) is 3.70. The number of amides is 1. The number of hydrogen-bond acceptors (Lipinski definition) is 5. The number of benzene rings is 2. The van der Waals surface area contributed by atoms with E-state index >= 15 is 0 Å². The van der Waals surface area contributed by atoms with Crippen molar-refractivity contribution in [2.75, 3.05) is 29.9 Å². The minimum atomic E-state index is -0.269. The summed E-state index contributed by atoms with van der Waals surface area (Å²) in [5, 5.41) is 3.43. The van der Waals surface area contributed by atoms with Crippen LogP contribution in [0.1, 0.15) is 21.5 Å². The number of hydrogen-bond donors (Lipinski definition) is 3. The van der Waals surface area contributed by atoms with Crippen molar-refractivity contribution in [3.8, 4) is 0 Å². The minimum Gasteiger partial charge on any atom is -0.332 e. The molecule has 6 nitrogen and oxygen atoms in total. The highest BCUT2D eigenvalue weighted by molar-refractivity contribution is 7.99. The van der Waals surface area contributed by atoms with Gasteiger partial charge in [0.2, 0.25) is 0 Å². The SMILES string of the molecule is Cc1cc(CN2CCSCC2)ccc1NC(=O)c1ccc2c(=O)[nH]c(=S)[nH]c2c1. The molecule has 0 atom stereocenters. The van der Waals surface area contributed by atoms with Crippen LogP contribution >= 0.6 is 24.0 Å². The number of nitrogens with zero attached hydrogens (tertiary/aromatic N) is 1. The Labute approximate surface area is 177 Å². The zero-order valence-electron chi connectivity index (χ0n) is 16.1. The third-order valence-electron chi connectivity index (χ3n) is 5.05. The number of thioether (sulfide) groups is 1. The number of aromatic nitrogens is 2. The van der Waals surface area contributed by atoms with Crippen LogP contribution in [0, 0.1) is 11.7 Å². The second-order valence-electron chi connectivity index (χ2n) is 7.16. The van der Waals surface area contributed by atoms with Gasteiger partial charge in [0.1, 0.15) is 0 Å². The Morgan fingerprint density at radius 1 is 1.17 bits per heavy atom. The van der Waals surface area contributed by atoms with Crippen LogP contribution in [0.2, 0.25) is 0 Å². The average molecular weight is 427 g/mol. The largest absolute Gasteiger partial charge is 0.332 e. The summed E-state index contributed by atoms with van der Waals surface area (Å²) in [6, 6.07) is 11.1. The number of nitrogens with one attached hydrogen (secondary N) is 3. The van der Waals surface area contributed by atoms with Gasteiger partial charge in [-0.25, -0.2) is 0 Å². The Hall–Kier alpha value is -2.42. The number of fused-ring (bicyclic) bond motifs is 1. The molecule has 2 heterocycles. The van der Waals surface area contributed by atoms with Gasteiger partial charge in [-0.05, 0) is 54.5 Å². The van der Waals surface area contributed by atoms with Crippen molar-refractivity contribution in [3.63, 3.8) is 0 Å². The van der Waals surface area contributed by atoms with E-state index in [2.05, 4.69) is 32.3 Å². The Morgan fingerprint density at radius 2 is 1.97 bits per heavy atom. The van der Waals surface area contributed by atoms with E-state index in [1.165, 1.54) is 17.1 Å². The molecule has 2 aromatic carbocycles. The molecule has 1 fully saturated rings. The van der Waals surface area contributed by atoms with E-state index in [1.807, 2.05) is 24.8 Å². The molecule has 1 aliphatic rings. The molecule has 1 amide bonds. The van der Waals surface area contributed by atoms with Crippen LogP contribution < -0.4 is 10.9 Å². The van der Waals surface area contributed by atoms with Gasteiger partial charge in [-0.2, -0.15) is 11.8 Å². The molecule has 150 valence electrons. The summed E-state index contributed by atoms with van der Waals surface area (Å²) in [7, 11) is 0. The molecule has 1 saturated heterocycles. The number of carbonyl (C=O) groups excluding carboxylic acids is 1. The van der Waals surface area contributed by atoms with E-state index in [1.54, 1.807) is 18.2 Å². The highest BCUT2D eigenvalue weighted by Crippen LogP contribution is 2.20. The number of rotatable bonds is 4. The van der Waals surface area contributed by atoms with E-state index < -0.39 is 0 Å². The fourth-order valence-corrected chi connectivity index (χ4v) is 4.67. The highest BCUT2D eigenvalue weighted by atomic mass is 32.2. The van der Waals surface area contributed by atoms with Crippen LogP contribution in [0.4, 0.5) is 5.69 Å². The average Bonchev–Trinajstić information content (AvgIpc) is 2.70. The van der Waals surface area contributed by atoms with Crippen LogP contribution in [-0.2, 0) is 6.54 Å². The van der Waals surface area contributed by atoms with Crippen molar-refractivity contribution in [1.82, 2.24) is 14.9 Å². The lowest BCUT2D eigenvalue weighted by Gasteiger charge is -2.26. The fraction of sp³-hybridized carbons (Fsp3) is 0.286. The lowest BCUT2D eigenvalue weighted by atomic mass is 10.1. The van der Waals surface area contributed by atoms with Crippen LogP contribution in [0.3, 0.4) is 0 Å². The smallest absolute Gasteiger partial charge is 0.259 e. The molecule has 3 aromatic rings. The number of carbonyl (C=O) groups is 1. The van der Waals surface area contributed by atoms with E-state index in [4.69, 9.17) is 12.2 Å². The molecular formula is C21H22N4O2S2. The second kappa shape index (κ2) is 8.52. The van der Waals surface area contributed by atoms with E-state index in [0.29, 0.717) is 16.5 Å². The minimum absolute atomic E-state index is 0.226. The van der Waals surface area contributed by atoms with Crippen molar-refractivity contribution in [3.05, 3.63) is 68.2 Å². The van der Waals surface area contributed by atoms with Crippen molar-refractivity contribution in [2.45, 2.75) is 13.5 Å². The summed E-state index contributed by atoms with van der Waals surface area (Å²) in [4.78, 5) is 32.6. The highest BCUT2D eigenvalue weighted by Gasteiger charge is 2.13. The molecule has 0 radical (unpaired) electrons. The summed E-state index contributed by atoms with van der Waals surface area (Å²) in [6.07, 6.45) is 0. The molecule has 29 heavy (non-hydrogen) atoms. The first kappa shape index (κ1) is 19.9. The van der Waals surface area contributed by atoms with Crippen LogP contribution in [0.25, 0.3) is 10.9 Å². The van der Waals surface area contributed by atoms with E-state index in [9.17, 15) is 9.59 Å². The van der Waals surface area contributed by atoms with Gasteiger partial charge in [0.25, 0.3) is 11.5 Å². The van der Waals surface area contributed by atoms with E-state index in [0.717, 1.165) is 30.9 Å². The van der Waals surface area contributed by atoms with Crippen molar-refractivity contribution >= 4 is 46.5 Å². The molecule has 1 aliphatic heterocycles. The molecule has 8 heteroatoms. The monoisotopic (exact) mass is 426 g/mol. The topological polar surface area (TPSA) is 81.0 Å². The van der Waals surface area contributed by atoms with Gasteiger partial charge in [0.15, 0.2) is 4.77 Å². The van der Waals surface area contributed by atoms with Gasteiger partial charge >= 0.3 is 0 Å². The molecule has 0 saturated carbocycles. The first-order valence-corrected chi connectivity index (χ1v) is 11.0. The maximum Gasteiger partial charge on any atom is 0.259 e. The molecule has 1 aromatic heterocycles. The molecule has 0 aliphatic carbocycles. The third kappa shape index (κ3) is 4.60. The van der Waals surface area contributed by atoms with Crippen molar-refractivity contribution in [1.29, 1.82) is 0 Å². The zero-order valence-corrected chi connectivity index (χ0v) is 17.7. The van der Waals surface area contributed by atoms with Gasteiger partial charge in [-0.3, -0.25) is 19.5 Å². The van der Waals surface area contributed by atoms with Crippen LogP contribution in [0.15, 0.2) is 41.2 Å². The molecule has 0 unspecified atom stereocenters. The van der Waals surface area contributed by atoms with Crippen molar-refractivity contribution < 1.29 is 4.79 Å². The quantitative estimate of drug-likeness (QED) is 0.555. The Kier molecular flexibility index (Phi) is 5.84. The summed E-state index contributed by atoms with van der Waals surface area (Å²) >= 11 is 7.02. The van der Waals surface area contributed by atoms with Gasteiger partial charge in [0, 0.05) is 42.4 Å². The van der Waals surface area contributed by atoms with Crippen LogP contribution in [0.5, 0.6) is 0 Å². The molecule has 0 bridgehead atoms. The number of anilines is 1. The zero-order chi connectivity index (χ0) is 20.4. The Bertz CT molecular complexity index is 1180. The lowest BCUT2D eigenvalue weighted by molar-refractivity contribution is 0.102. The Balaban J connectivity index is 1.51. The summed E-state index contributed by atoms with van der Waals surface area (Å²) in [5.41, 5.74) is 3.80. The number of aromatic amines is 2. The predicted molar refractivity (Wildman–Crippen MR) is 121 cm³/mol. The van der Waals surface area contributed by atoms with E-state index in [-0.39, 0.29) is 16.2 Å². The first-order valence-electron chi connectivity index (χ1n) is 9.47. The summed E-state index contributed by atoms with van der Waals surface area (Å²) in [6.45, 7) is 5.18. The van der Waals surface area contributed by atoms with Crippen LogP contribution in [-0.4, -0.2) is 45.4 Å². The standard InChI is InChI=1S/C21H22N4O2S2/c1-13-10-14(12-25-6-8-29-9-7-25)2-5-17(13)22-19(26)15-3-4-16-18(11-15)23-21(28)24-20(16)27/h2-5,10-11H,6-9,12H2,1H3,(H,22,26)(H2,23,24,27,28). The fourth-order valence-electron chi connectivity index (χ4n) is 3.49. The normalized spacial score (nSPS) is 14.8. The molecule has 0 spiro atoms. The second-order valence-corrected chi connectivity index (χ2v) is 8.79. The maximum atomic E-state index is 12.7. The summed E-state index contributed by atoms with van der Waals surface area (Å²) < 4.78 is 0.235.